The molecule has 0 saturated heterocycles. The normalized spacial score (nSPS) is 12.3. The van der Waals surface area contributed by atoms with Gasteiger partial charge in [0.15, 0.2) is 5.78 Å². The van der Waals surface area contributed by atoms with E-state index in [2.05, 4.69) is 0 Å². The topological polar surface area (TPSA) is 104 Å². The van der Waals surface area contributed by atoms with Crippen LogP contribution in [0.3, 0.4) is 0 Å². The average molecular weight is 600 g/mol. The van der Waals surface area contributed by atoms with Crippen molar-refractivity contribution < 1.29 is 30.0 Å². The summed E-state index contributed by atoms with van der Waals surface area (Å²) in [7, 11) is -8.28. The van der Waals surface area contributed by atoms with Crippen LogP contribution in [0.2, 0.25) is 10.0 Å². The first-order valence-electron chi connectivity index (χ1n) is 11.7. The molecule has 0 aliphatic heterocycles. The summed E-state index contributed by atoms with van der Waals surface area (Å²) >= 11 is 12.2. The second-order valence-electron chi connectivity index (χ2n) is 9.45. The molecular weight excluding hydrogens is 571 g/mol. The Morgan fingerprint density at radius 1 is 0.763 bits per heavy atom. The smallest absolute Gasteiger partial charge is 0.289 e. The van der Waals surface area contributed by atoms with Crippen LogP contribution < -0.4 is 0 Å². The van der Waals surface area contributed by atoms with E-state index in [9.17, 15) is 21.6 Å². The SMILES string of the molecule is CC(C)COS(=O)(=O)c1ccc(-c2ccc(C(=O)c3cc(Cl)ccc3Cl)cc2S(=O)(=O)OCC(C)C)cc1. The average Bonchev–Trinajstić information content (AvgIpc) is 2.87. The van der Waals surface area contributed by atoms with Gasteiger partial charge in [0.25, 0.3) is 20.2 Å². The summed E-state index contributed by atoms with van der Waals surface area (Å²) in [6.45, 7) is 7.24. The molecule has 0 atom stereocenters. The number of halogens is 2. The monoisotopic (exact) mass is 598 g/mol. The second-order valence-corrected chi connectivity index (χ2v) is 13.5. The van der Waals surface area contributed by atoms with Crippen LogP contribution in [0.1, 0.15) is 43.6 Å². The quantitative estimate of drug-likeness (QED) is 0.180. The summed E-state index contributed by atoms with van der Waals surface area (Å²) in [5, 5.41) is 0.468. The van der Waals surface area contributed by atoms with E-state index in [4.69, 9.17) is 31.6 Å². The zero-order chi connectivity index (χ0) is 28.3. The van der Waals surface area contributed by atoms with E-state index in [0.29, 0.717) is 10.6 Å². The van der Waals surface area contributed by atoms with Crippen LogP contribution in [0, 0.1) is 11.8 Å². The zero-order valence-corrected chi connectivity index (χ0v) is 24.4. The lowest BCUT2D eigenvalue weighted by molar-refractivity contribution is 0.103. The number of benzene rings is 3. The number of carbonyl (C=O) groups excluding carboxylic acids is 1. The van der Waals surface area contributed by atoms with Gasteiger partial charge < -0.3 is 0 Å². The van der Waals surface area contributed by atoms with Crippen LogP contribution in [-0.4, -0.2) is 35.8 Å². The molecule has 3 aromatic carbocycles. The molecule has 38 heavy (non-hydrogen) atoms. The molecule has 7 nitrogen and oxygen atoms in total. The minimum atomic E-state index is -4.30. The minimum absolute atomic E-state index is 0.0191. The van der Waals surface area contributed by atoms with E-state index in [0.717, 1.165) is 0 Å². The molecule has 0 amide bonds. The van der Waals surface area contributed by atoms with Gasteiger partial charge in [0.1, 0.15) is 4.90 Å². The van der Waals surface area contributed by atoms with Crippen molar-refractivity contribution >= 4 is 49.2 Å². The molecule has 0 bridgehead atoms. The van der Waals surface area contributed by atoms with Gasteiger partial charge in [-0.05, 0) is 53.8 Å². The van der Waals surface area contributed by atoms with E-state index in [1.54, 1.807) is 13.8 Å². The number of carbonyl (C=O) groups is 1. The van der Waals surface area contributed by atoms with Gasteiger partial charge >= 0.3 is 0 Å². The van der Waals surface area contributed by atoms with Gasteiger partial charge in [0, 0.05) is 21.7 Å². The lowest BCUT2D eigenvalue weighted by Gasteiger charge is -2.15. The predicted octanol–water partition coefficient (Wildman–Crippen LogP) is 6.61. The third-order valence-electron chi connectivity index (χ3n) is 5.25. The Hall–Kier alpha value is -2.27. The summed E-state index contributed by atoms with van der Waals surface area (Å²) in [6, 6.07) is 14.2. The molecule has 204 valence electrons. The van der Waals surface area contributed by atoms with Crippen LogP contribution in [0.15, 0.2) is 70.5 Å². The van der Waals surface area contributed by atoms with Crippen molar-refractivity contribution in [3.63, 3.8) is 0 Å². The van der Waals surface area contributed by atoms with Crippen molar-refractivity contribution in [3.8, 4) is 11.1 Å². The Morgan fingerprint density at radius 3 is 1.92 bits per heavy atom. The summed E-state index contributed by atoms with van der Waals surface area (Å²) in [6.07, 6.45) is 0. The highest BCUT2D eigenvalue weighted by molar-refractivity contribution is 7.87. The molecule has 0 fully saturated rings. The molecule has 0 heterocycles. The van der Waals surface area contributed by atoms with Crippen LogP contribution in [0.25, 0.3) is 11.1 Å². The standard InChI is InChI=1S/C27H28Cl2O7S2/c1-17(2)15-35-37(31,32)22-9-5-19(6-10-22)23-11-7-20(13-26(23)38(33,34)36-16-18(3)4)27(30)24-14-21(28)8-12-25(24)29/h5-14,17-18H,15-16H2,1-4H3. The van der Waals surface area contributed by atoms with Crippen molar-refractivity contribution in [1.29, 1.82) is 0 Å². The molecule has 0 aliphatic carbocycles. The number of rotatable bonds is 11. The summed E-state index contributed by atoms with van der Waals surface area (Å²) in [4.78, 5) is 12.9. The molecule has 0 aromatic heterocycles. The fourth-order valence-corrected chi connectivity index (χ4v) is 6.06. The molecule has 0 radical (unpaired) electrons. The first kappa shape index (κ1) is 30.3. The van der Waals surface area contributed by atoms with Gasteiger partial charge in [-0.3, -0.25) is 13.2 Å². The van der Waals surface area contributed by atoms with Gasteiger partial charge in [-0.15, -0.1) is 0 Å². The Kier molecular flexibility index (Phi) is 9.78. The zero-order valence-electron chi connectivity index (χ0n) is 21.3. The van der Waals surface area contributed by atoms with E-state index < -0.39 is 26.0 Å². The van der Waals surface area contributed by atoms with Crippen molar-refractivity contribution in [1.82, 2.24) is 0 Å². The Labute approximate surface area is 233 Å². The van der Waals surface area contributed by atoms with Crippen LogP contribution in [-0.2, 0) is 28.6 Å². The van der Waals surface area contributed by atoms with Crippen LogP contribution in [0.5, 0.6) is 0 Å². The van der Waals surface area contributed by atoms with Crippen molar-refractivity contribution in [2.75, 3.05) is 13.2 Å². The lowest BCUT2D eigenvalue weighted by Crippen LogP contribution is -2.13. The highest BCUT2D eigenvalue weighted by atomic mass is 35.5. The van der Waals surface area contributed by atoms with Gasteiger partial charge in [-0.2, -0.15) is 16.8 Å². The molecule has 0 aliphatic rings. The fraction of sp³-hybridized carbons (Fsp3) is 0.296. The molecule has 0 saturated carbocycles. The number of hydrogen-bond acceptors (Lipinski definition) is 7. The number of ketones is 1. The minimum Gasteiger partial charge on any atom is -0.289 e. The summed E-state index contributed by atoms with van der Waals surface area (Å²) in [5.41, 5.74) is 0.814. The maximum atomic E-state index is 13.2. The highest BCUT2D eigenvalue weighted by Gasteiger charge is 2.25. The molecule has 3 rings (SSSR count). The predicted molar refractivity (Wildman–Crippen MR) is 148 cm³/mol. The second kappa shape index (κ2) is 12.3. The van der Waals surface area contributed by atoms with Crippen molar-refractivity contribution in [3.05, 3.63) is 81.8 Å². The molecule has 11 heteroatoms. The largest absolute Gasteiger partial charge is 0.297 e. The van der Waals surface area contributed by atoms with Gasteiger partial charge in [0.2, 0.25) is 0 Å². The Bertz CT molecular complexity index is 1530. The molecule has 3 aromatic rings. The maximum Gasteiger partial charge on any atom is 0.297 e. The van der Waals surface area contributed by atoms with Crippen LogP contribution >= 0.6 is 23.2 Å². The third kappa shape index (κ3) is 7.43. The van der Waals surface area contributed by atoms with Gasteiger partial charge in [-0.1, -0.05) is 75.2 Å². The molecular formula is C27H28Cl2O7S2. The first-order valence-corrected chi connectivity index (χ1v) is 15.3. The van der Waals surface area contributed by atoms with Gasteiger partial charge in [0.05, 0.1) is 23.1 Å². The van der Waals surface area contributed by atoms with Crippen molar-refractivity contribution in [2.45, 2.75) is 37.5 Å². The number of hydrogen-bond donors (Lipinski definition) is 0. The molecule has 0 spiro atoms. The fourth-order valence-electron chi connectivity index (χ4n) is 3.32. The van der Waals surface area contributed by atoms with E-state index in [1.807, 2.05) is 13.8 Å². The third-order valence-corrected chi connectivity index (χ3v) is 8.44. The Balaban J connectivity index is 2.09. The van der Waals surface area contributed by atoms with E-state index in [-0.39, 0.29) is 56.6 Å². The lowest BCUT2D eigenvalue weighted by atomic mass is 9.99. The maximum absolute atomic E-state index is 13.2. The van der Waals surface area contributed by atoms with Crippen LogP contribution in [0.4, 0.5) is 0 Å². The van der Waals surface area contributed by atoms with Gasteiger partial charge in [-0.25, -0.2) is 0 Å². The molecule has 0 N–H and O–H groups in total. The van der Waals surface area contributed by atoms with E-state index in [1.165, 1.54) is 60.7 Å². The van der Waals surface area contributed by atoms with E-state index >= 15 is 0 Å². The summed E-state index contributed by atoms with van der Waals surface area (Å²) in [5.74, 6) is -0.572. The Morgan fingerprint density at radius 2 is 1.34 bits per heavy atom. The van der Waals surface area contributed by atoms with Crippen molar-refractivity contribution in [2.24, 2.45) is 11.8 Å². The highest BCUT2D eigenvalue weighted by Crippen LogP contribution is 2.32. The first-order chi connectivity index (χ1) is 17.7. The molecule has 0 unspecified atom stereocenters. The summed E-state index contributed by atoms with van der Waals surface area (Å²) < 4.78 is 61.7.